The van der Waals surface area contributed by atoms with Gasteiger partial charge in [-0.25, -0.2) is 4.39 Å². The van der Waals surface area contributed by atoms with Crippen LogP contribution in [-0.2, 0) is 6.54 Å². The number of nitrogens with zero attached hydrogens (tertiary/aromatic N) is 1. The van der Waals surface area contributed by atoms with Crippen LogP contribution in [0, 0.1) is 11.7 Å². The van der Waals surface area contributed by atoms with Gasteiger partial charge in [-0.2, -0.15) is 0 Å². The molecule has 1 aliphatic rings. The van der Waals surface area contributed by atoms with Crippen LogP contribution < -0.4 is 5.73 Å². The van der Waals surface area contributed by atoms with Gasteiger partial charge in [0, 0.05) is 11.0 Å². The Balaban J connectivity index is 0.00000162. The molecule has 2 N–H and O–H groups in total. The molecule has 18 heavy (non-hydrogen) atoms. The normalized spacial score (nSPS) is 17.5. The maximum atomic E-state index is 13.0. The van der Waals surface area contributed by atoms with Crippen molar-refractivity contribution in [2.75, 3.05) is 19.6 Å². The largest absolute Gasteiger partial charge is 0.330 e. The lowest BCUT2D eigenvalue weighted by Crippen LogP contribution is -2.35. The van der Waals surface area contributed by atoms with Crippen molar-refractivity contribution < 1.29 is 4.39 Å². The van der Waals surface area contributed by atoms with E-state index in [0.29, 0.717) is 5.92 Å². The molecule has 0 spiro atoms. The number of hydrogen-bond acceptors (Lipinski definition) is 2. The van der Waals surface area contributed by atoms with Gasteiger partial charge in [0.25, 0.3) is 0 Å². The van der Waals surface area contributed by atoms with E-state index in [1.54, 1.807) is 0 Å². The minimum absolute atomic E-state index is 0. The van der Waals surface area contributed by atoms with Crippen LogP contribution in [0.3, 0.4) is 0 Å². The van der Waals surface area contributed by atoms with E-state index in [1.807, 2.05) is 6.07 Å². The van der Waals surface area contributed by atoms with Crippen molar-refractivity contribution in [1.82, 2.24) is 4.90 Å². The second-order valence-electron chi connectivity index (χ2n) is 4.69. The lowest BCUT2D eigenvalue weighted by atomic mass is 9.97. The van der Waals surface area contributed by atoms with Crippen molar-refractivity contribution in [3.63, 3.8) is 0 Å². The van der Waals surface area contributed by atoms with E-state index in [0.717, 1.165) is 36.2 Å². The van der Waals surface area contributed by atoms with E-state index < -0.39 is 0 Å². The summed E-state index contributed by atoms with van der Waals surface area (Å²) in [5, 5.41) is 0. The number of benzene rings is 1. The van der Waals surface area contributed by atoms with Crippen LogP contribution in [-0.4, -0.2) is 24.5 Å². The first-order valence-corrected chi connectivity index (χ1v) is 6.84. The van der Waals surface area contributed by atoms with Gasteiger partial charge in [0.2, 0.25) is 0 Å². The molecule has 0 amide bonds. The molecule has 1 fully saturated rings. The van der Waals surface area contributed by atoms with Gasteiger partial charge in [-0.1, -0.05) is 22.0 Å². The number of likely N-dealkylation sites (tertiary alicyclic amines) is 1. The fourth-order valence-corrected chi connectivity index (χ4v) is 2.75. The molecule has 1 saturated heterocycles. The Bertz CT molecular complexity index is 381. The molecule has 2 nitrogen and oxygen atoms in total. The summed E-state index contributed by atoms with van der Waals surface area (Å²) in [6.45, 7) is 3.86. The van der Waals surface area contributed by atoms with Crippen molar-refractivity contribution in [2.24, 2.45) is 11.7 Å². The highest BCUT2D eigenvalue weighted by atomic mass is 79.9. The van der Waals surface area contributed by atoms with E-state index in [-0.39, 0.29) is 18.2 Å². The van der Waals surface area contributed by atoms with E-state index in [1.165, 1.54) is 25.0 Å². The highest BCUT2D eigenvalue weighted by Crippen LogP contribution is 2.22. The van der Waals surface area contributed by atoms with Gasteiger partial charge < -0.3 is 5.73 Å². The lowest BCUT2D eigenvalue weighted by molar-refractivity contribution is 0.180. The number of halogens is 3. The third-order valence-electron chi connectivity index (χ3n) is 3.45. The standard InChI is InChI=1S/C13H18BrFN2.ClH/c14-13-7-12(15)2-1-11(13)9-17-5-3-10(8-16)4-6-17;/h1-2,7,10H,3-6,8-9,16H2;1H. The molecule has 5 heteroatoms. The second kappa shape index (κ2) is 7.43. The van der Waals surface area contributed by atoms with Gasteiger partial charge in [-0.15, -0.1) is 12.4 Å². The zero-order chi connectivity index (χ0) is 12.3. The molecule has 0 aromatic heterocycles. The Morgan fingerprint density at radius 3 is 2.56 bits per heavy atom. The van der Waals surface area contributed by atoms with E-state index in [9.17, 15) is 4.39 Å². The second-order valence-corrected chi connectivity index (χ2v) is 5.55. The smallest absolute Gasteiger partial charge is 0.124 e. The topological polar surface area (TPSA) is 29.3 Å². The summed E-state index contributed by atoms with van der Waals surface area (Å²) in [5.74, 6) is 0.491. The quantitative estimate of drug-likeness (QED) is 0.918. The van der Waals surface area contributed by atoms with E-state index in [4.69, 9.17) is 5.73 Å². The summed E-state index contributed by atoms with van der Waals surface area (Å²) in [5.41, 5.74) is 6.82. The van der Waals surface area contributed by atoms with Crippen molar-refractivity contribution in [1.29, 1.82) is 0 Å². The van der Waals surface area contributed by atoms with Gasteiger partial charge in [-0.3, -0.25) is 4.90 Å². The monoisotopic (exact) mass is 336 g/mol. The average Bonchev–Trinajstić information content (AvgIpc) is 2.34. The van der Waals surface area contributed by atoms with Gasteiger partial charge in [0.1, 0.15) is 5.82 Å². The molecule has 0 saturated carbocycles. The SMILES string of the molecule is Cl.NCC1CCN(Cc2ccc(F)cc2Br)CC1. The maximum Gasteiger partial charge on any atom is 0.124 e. The minimum Gasteiger partial charge on any atom is -0.330 e. The van der Waals surface area contributed by atoms with Crippen LogP contribution in [0.1, 0.15) is 18.4 Å². The molecule has 0 unspecified atom stereocenters. The molecule has 0 bridgehead atoms. The summed E-state index contributed by atoms with van der Waals surface area (Å²) in [7, 11) is 0. The number of piperidine rings is 1. The van der Waals surface area contributed by atoms with Crippen molar-refractivity contribution >= 4 is 28.3 Å². The highest BCUT2D eigenvalue weighted by Gasteiger charge is 2.18. The van der Waals surface area contributed by atoms with Crippen LogP contribution in [0.15, 0.2) is 22.7 Å². The molecule has 0 atom stereocenters. The highest BCUT2D eigenvalue weighted by molar-refractivity contribution is 9.10. The Kier molecular flexibility index (Phi) is 6.57. The van der Waals surface area contributed by atoms with Gasteiger partial charge in [0.15, 0.2) is 0 Å². The Morgan fingerprint density at radius 1 is 1.33 bits per heavy atom. The van der Waals surface area contributed by atoms with Crippen molar-refractivity contribution in [2.45, 2.75) is 19.4 Å². The van der Waals surface area contributed by atoms with Crippen molar-refractivity contribution in [3.8, 4) is 0 Å². The number of hydrogen-bond donors (Lipinski definition) is 1. The Morgan fingerprint density at radius 2 is 2.00 bits per heavy atom. The fraction of sp³-hybridized carbons (Fsp3) is 0.538. The number of rotatable bonds is 3. The summed E-state index contributed by atoms with van der Waals surface area (Å²) in [6.07, 6.45) is 2.35. The minimum atomic E-state index is -0.192. The van der Waals surface area contributed by atoms with Crippen LogP contribution in [0.5, 0.6) is 0 Å². The van der Waals surface area contributed by atoms with Crippen molar-refractivity contribution in [3.05, 3.63) is 34.1 Å². The summed E-state index contributed by atoms with van der Waals surface area (Å²) in [6, 6.07) is 4.91. The third-order valence-corrected chi connectivity index (χ3v) is 4.19. The molecule has 1 aromatic rings. The molecule has 0 radical (unpaired) electrons. The zero-order valence-electron chi connectivity index (χ0n) is 10.2. The Hall–Kier alpha value is -0.160. The van der Waals surface area contributed by atoms with Gasteiger partial charge in [-0.05, 0) is 56.1 Å². The molecule has 102 valence electrons. The first-order valence-electron chi connectivity index (χ1n) is 6.05. The van der Waals surface area contributed by atoms with Gasteiger partial charge >= 0.3 is 0 Å². The molecular formula is C13H19BrClFN2. The van der Waals surface area contributed by atoms with Crippen LogP contribution in [0.2, 0.25) is 0 Å². The summed E-state index contributed by atoms with van der Waals surface area (Å²) in [4.78, 5) is 2.41. The number of nitrogens with two attached hydrogens (primary N) is 1. The molecule has 1 aromatic carbocycles. The summed E-state index contributed by atoms with van der Waals surface area (Å²) < 4.78 is 13.8. The Labute approximate surface area is 122 Å². The summed E-state index contributed by atoms with van der Waals surface area (Å²) >= 11 is 3.41. The van der Waals surface area contributed by atoms with Crippen LogP contribution >= 0.6 is 28.3 Å². The molecule has 1 aliphatic heterocycles. The maximum absolute atomic E-state index is 13.0. The lowest BCUT2D eigenvalue weighted by Gasteiger charge is -2.31. The predicted molar refractivity (Wildman–Crippen MR) is 78.4 cm³/mol. The van der Waals surface area contributed by atoms with Crippen LogP contribution in [0.25, 0.3) is 0 Å². The average molecular weight is 338 g/mol. The molecule has 0 aliphatic carbocycles. The zero-order valence-corrected chi connectivity index (χ0v) is 12.6. The van der Waals surface area contributed by atoms with Crippen LogP contribution in [0.4, 0.5) is 4.39 Å². The van der Waals surface area contributed by atoms with E-state index in [2.05, 4.69) is 20.8 Å². The predicted octanol–water partition coefficient (Wildman–Crippen LogP) is 3.18. The third kappa shape index (κ3) is 4.19. The molecule has 1 heterocycles. The molecular weight excluding hydrogens is 319 g/mol. The van der Waals surface area contributed by atoms with Gasteiger partial charge in [0.05, 0.1) is 0 Å². The fourth-order valence-electron chi connectivity index (χ4n) is 2.27. The first kappa shape index (κ1) is 15.9. The molecule has 2 rings (SSSR count). The first-order chi connectivity index (χ1) is 8.19. The van der Waals surface area contributed by atoms with E-state index >= 15 is 0 Å².